The summed E-state index contributed by atoms with van der Waals surface area (Å²) in [4.78, 5) is 24.0. The van der Waals surface area contributed by atoms with E-state index >= 15 is 0 Å². The summed E-state index contributed by atoms with van der Waals surface area (Å²) in [5.74, 6) is 0.578. The monoisotopic (exact) mass is 385 g/mol. The van der Waals surface area contributed by atoms with E-state index in [-0.39, 0.29) is 12.5 Å². The molecule has 148 valence electrons. The van der Waals surface area contributed by atoms with Crippen molar-refractivity contribution in [2.45, 2.75) is 6.92 Å². The second kappa shape index (κ2) is 9.96. The third kappa shape index (κ3) is 5.00. The standard InChI is InChI=1S/C20H23N3O5/c1-13-7-5-6-8-15(13)20(25)21-12-17(24)23-22-11-14-9-10-16(26-2)19(28-4)18(14)27-3/h5-11H,12H2,1-4H3,(H,21,25)(H,23,24)/b22-11+. The quantitative estimate of drug-likeness (QED) is 0.534. The number of ether oxygens (including phenoxy) is 3. The van der Waals surface area contributed by atoms with Gasteiger partial charge in [-0.2, -0.15) is 5.10 Å². The van der Waals surface area contributed by atoms with Gasteiger partial charge >= 0.3 is 0 Å². The summed E-state index contributed by atoms with van der Waals surface area (Å²) in [5, 5.41) is 6.46. The number of hydrazone groups is 1. The molecule has 0 unspecified atom stereocenters. The van der Waals surface area contributed by atoms with Crippen LogP contribution >= 0.6 is 0 Å². The molecule has 0 aromatic heterocycles. The number of amides is 2. The van der Waals surface area contributed by atoms with Crippen LogP contribution in [-0.2, 0) is 4.79 Å². The molecule has 0 fully saturated rings. The molecule has 2 aromatic rings. The van der Waals surface area contributed by atoms with Crippen molar-refractivity contribution in [1.29, 1.82) is 0 Å². The Hall–Kier alpha value is -3.55. The predicted octanol–water partition coefficient (Wildman–Crippen LogP) is 1.90. The predicted molar refractivity (Wildman–Crippen MR) is 105 cm³/mol. The van der Waals surface area contributed by atoms with Gasteiger partial charge in [-0.05, 0) is 30.7 Å². The molecule has 28 heavy (non-hydrogen) atoms. The maximum Gasteiger partial charge on any atom is 0.259 e. The van der Waals surface area contributed by atoms with Crippen molar-refractivity contribution in [1.82, 2.24) is 10.7 Å². The number of carbonyl (C=O) groups excluding carboxylic acids is 2. The van der Waals surface area contributed by atoms with Gasteiger partial charge in [0.25, 0.3) is 11.8 Å². The molecule has 2 aromatic carbocycles. The van der Waals surface area contributed by atoms with Crippen LogP contribution in [0.3, 0.4) is 0 Å². The van der Waals surface area contributed by atoms with Crippen LogP contribution in [0.4, 0.5) is 0 Å². The van der Waals surface area contributed by atoms with Gasteiger partial charge in [0.1, 0.15) is 0 Å². The Bertz CT molecular complexity index is 880. The molecule has 0 radical (unpaired) electrons. The number of hydrogen-bond donors (Lipinski definition) is 2. The van der Waals surface area contributed by atoms with Gasteiger partial charge in [-0.1, -0.05) is 18.2 Å². The highest BCUT2D eigenvalue weighted by Gasteiger charge is 2.15. The first kappa shape index (κ1) is 20.8. The summed E-state index contributed by atoms with van der Waals surface area (Å²) < 4.78 is 15.9. The lowest BCUT2D eigenvalue weighted by molar-refractivity contribution is -0.120. The topological polar surface area (TPSA) is 98.2 Å². The number of rotatable bonds is 8. The highest BCUT2D eigenvalue weighted by atomic mass is 16.5. The minimum Gasteiger partial charge on any atom is -0.493 e. The van der Waals surface area contributed by atoms with Crippen molar-refractivity contribution < 1.29 is 23.8 Å². The van der Waals surface area contributed by atoms with Crippen molar-refractivity contribution in [3.63, 3.8) is 0 Å². The molecule has 0 heterocycles. The van der Waals surface area contributed by atoms with E-state index in [0.29, 0.717) is 28.4 Å². The molecule has 8 nitrogen and oxygen atoms in total. The molecule has 2 N–H and O–H groups in total. The second-order valence-electron chi connectivity index (χ2n) is 5.71. The highest BCUT2D eigenvalue weighted by Crippen LogP contribution is 2.38. The molecule has 2 rings (SSSR count). The maximum atomic E-state index is 12.1. The van der Waals surface area contributed by atoms with Crippen LogP contribution in [0, 0.1) is 6.92 Å². The zero-order valence-electron chi connectivity index (χ0n) is 16.2. The van der Waals surface area contributed by atoms with Gasteiger partial charge in [0.05, 0.1) is 34.1 Å². The summed E-state index contributed by atoms with van der Waals surface area (Å²) >= 11 is 0. The molecule has 0 saturated heterocycles. The number of benzene rings is 2. The fourth-order valence-corrected chi connectivity index (χ4v) is 2.52. The van der Waals surface area contributed by atoms with Crippen LogP contribution < -0.4 is 25.0 Å². The van der Waals surface area contributed by atoms with Crippen LogP contribution in [0.25, 0.3) is 0 Å². The molecule has 2 amide bonds. The molecule has 0 aliphatic heterocycles. The number of hydrogen-bond acceptors (Lipinski definition) is 6. The number of nitrogens with zero attached hydrogens (tertiary/aromatic N) is 1. The van der Waals surface area contributed by atoms with Gasteiger partial charge in [-0.25, -0.2) is 5.43 Å². The lowest BCUT2D eigenvalue weighted by Gasteiger charge is -2.13. The van der Waals surface area contributed by atoms with Crippen molar-refractivity contribution >= 4 is 18.0 Å². The smallest absolute Gasteiger partial charge is 0.259 e. The van der Waals surface area contributed by atoms with E-state index in [4.69, 9.17) is 14.2 Å². The van der Waals surface area contributed by atoms with Crippen molar-refractivity contribution in [3.8, 4) is 17.2 Å². The van der Waals surface area contributed by atoms with Crippen LogP contribution in [0.1, 0.15) is 21.5 Å². The van der Waals surface area contributed by atoms with Gasteiger partial charge in [0.2, 0.25) is 5.75 Å². The molecule has 0 aliphatic carbocycles. The Kier molecular flexibility index (Phi) is 7.38. The molecule has 0 spiro atoms. The Morgan fingerprint density at radius 2 is 1.71 bits per heavy atom. The van der Waals surface area contributed by atoms with Gasteiger partial charge < -0.3 is 19.5 Å². The summed E-state index contributed by atoms with van der Waals surface area (Å²) in [7, 11) is 4.52. The Morgan fingerprint density at radius 1 is 1.00 bits per heavy atom. The van der Waals surface area contributed by atoms with Gasteiger partial charge in [-0.3, -0.25) is 9.59 Å². The molecule has 0 bridgehead atoms. The zero-order valence-corrected chi connectivity index (χ0v) is 16.2. The number of nitrogens with one attached hydrogen (secondary N) is 2. The SMILES string of the molecule is COc1ccc(/C=N/NC(=O)CNC(=O)c2ccccc2C)c(OC)c1OC. The summed E-state index contributed by atoms with van der Waals surface area (Å²) in [6.45, 7) is 1.63. The largest absolute Gasteiger partial charge is 0.493 e. The summed E-state index contributed by atoms with van der Waals surface area (Å²) in [5.41, 5.74) is 4.30. The lowest BCUT2D eigenvalue weighted by Crippen LogP contribution is -2.35. The van der Waals surface area contributed by atoms with E-state index in [0.717, 1.165) is 5.56 Å². The average molecular weight is 385 g/mol. The summed E-state index contributed by atoms with van der Waals surface area (Å²) in [6.07, 6.45) is 1.42. The van der Waals surface area contributed by atoms with Crippen LogP contribution in [0.2, 0.25) is 0 Å². The number of carbonyl (C=O) groups is 2. The first-order valence-corrected chi connectivity index (χ1v) is 8.46. The highest BCUT2D eigenvalue weighted by molar-refractivity contribution is 5.97. The first-order valence-electron chi connectivity index (χ1n) is 8.46. The lowest BCUT2D eigenvalue weighted by atomic mass is 10.1. The first-order chi connectivity index (χ1) is 13.5. The van der Waals surface area contributed by atoms with Gasteiger partial charge in [0, 0.05) is 11.1 Å². The third-order valence-corrected chi connectivity index (χ3v) is 3.93. The Morgan fingerprint density at radius 3 is 2.36 bits per heavy atom. The minimum absolute atomic E-state index is 0.201. The number of methoxy groups -OCH3 is 3. The van der Waals surface area contributed by atoms with Crippen LogP contribution in [-0.4, -0.2) is 45.9 Å². The fraction of sp³-hybridized carbons (Fsp3) is 0.250. The molecule has 0 saturated carbocycles. The Labute approximate surface area is 163 Å². The number of aryl methyl sites for hydroxylation is 1. The van der Waals surface area contributed by atoms with Crippen molar-refractivity contribution in [2.24, 2.45) is 5.10 Å². The van der Waals surface area contributed by atoms with E-state index in [9.17, 15) is 9.59 Å². The minimum atomic E-state index is -0.461. The van der Waals surface area contributed by atoms with Crippen molar-refractivity contribution in [3.05, 3.63) is 53.1 Å². The molecule has 0 aliphatic rings. The van der Waals surface area contributed by atoms with Crippen LogP contribution in [0.5, 0.6) is 17.2 Å². The van der Waals surface area contributed by atoms with E-state index in [2.05, 4.69) is 15.8 Å². The second-order valence-corrected chi connectivity index (χ2v) is 5.71. The molecule has 8 heteroatoms. The normalized spacial score (nSPS) is 10.4. The zero-order chi connectivity index (χ0) is 20.5. The van der Waals surface area contributed by atoms with E-state index in [1.165, 1.54) is 27.5 Å². The molecular weight excluding hydrogens is 362 g/mol. The maximum absolute atomic E-state index is 12.1. The average Bonchev–Trinajstić information content (AvgIpc) is 2.71. The molecule has 0 atom stereocenters. The van der Waals surface area contributed by atoms with E-state index in [1.54, 1.807) is 24.3 Å². The van der Waals surface area contributed by atoms with Crippen molar-refractivity contribution in [2.75, 3.05) is 27.9 Å². The van der Waals surface area contributed by atoms with Crippen LogP contribution in [0.15, 0.2) is 41.5 Å². The third-order valence-electron chi connectivity index (χ3n) is 3.93. The fourth-order valence-electron chi connectivity index (χ4n) is 2.52. The molecular formula is C20H23N3O5. The van der Waals surface area contributed by atoms with Gasteiger partial charge in [-0.15, -0.1) is 0 Å². The summed E-state index contributed by atoms with van der Waals surface area (Å²) in [6, 6.07) is 10.6. The van der Waals surface area contributed by atoms with E-state index in [1.807, 2.05) is 19.1 Å². The van der Waals surface area contributed by atoms with Gasteiger partial charge in [0.15, 0.2) is 11.5 Å². The Balaban J connectivity index is 1.96. The van der Waals surface area contributed by atoms with E-state index < -0.39 is 5.91 Å².